The predicted octanol–water partition coefficient (Wildman–Crippen LogP) is 5.07. The van der Waals surface area contributed by atoms with Crippen molar-refractivity contribution >= 4 is 0 Å². The van der Waals surface area contributed by atoms with Crippen molar-refractivity contribution in [3.05, 3.63) is 50.4 Å². The molecule has 0 spiro atoms. The van der Waals surface area contributed by atoms with Crippen LogP contribution in [0.3, 0.4) is 0 Å². The standard InChI is InChI=1S/C4H8.2C3H6.C2H3F/c1-4(2)3;2*1-3-2;1-2-3/h1H2,2-3H3;2*3H,1H2,2H3;2H,1H2. The third kappa shape index (κ3) is 699. The van der Waals surface area contributed by atoms with Crippen molar-refractivity contribution in [2.75, 3.05) is 0 Å². The van der Waals surface area contributed by atoms with Crippen molar-refractivity contribution in [1.82, 2.24) is 0 Å². The third-order valence-corrected chi connectivity index (χ3v) is 0. The third-order valence-electron chi connectivity index (χ3n) is 0. The molecule has 0 fully saturated rings. The molecule has 0 heterocycles. The lowest BCUT2D eigenvalue weighted by Crippen LogP contribution is -1.43. The smallest absolute Gasteiger partial charge is 0.0795 e. The highest BCUT2D eigenvalue weighted by Crippen LogP contribution is 1.73. The molecule has 13 heavy (non-hydrogen) atoms. The molecule has 0 nitrogen and oxygen atoms in total. The molecule has 0 aromatic rings. The second kappa shape index (κ2) is 44.5. The molecule has 0 bridgehead atoms. The van der Waals surface area contributed by atoms with Gasteiger partial charge in [-0.3, -0.25) is 0 Å². The summed E-state index contributed by atoms with van der Waals surface area (Å²) in [7, 11) is 0. The summed E-state index contributed by atoms with van der Waals surface area (Å²) in [6, 6.07) is 0. The minimum atomic E-state index is 0.250. The van der Waals surface area contributed by atoms with E-state index in [1.165, 1.54) is 5.57 Å². The van der Waals surface area contributed by atoms with Crippen LogP contribution in [0.25, 0.3) is 0 Å². The van der Waals surface area contributed by atoms with Crippen LogP contribution in [0, 0.1) is 0 Å². The Morgan fingerprint density at radius 2 is 1.00 bits per heavy atom. The quantitative estimate of drug-likeness (QED) is 0.463. The van der Waals surface area contributed by atoms with Gasteiger partial charge in [0, 0.05) is 0 Å². The van der Waals surface area contributed by atoms with E-state index in [0.717, 1.165) is 0 Å². The molecule has 0 aliphatic heterocycles. The van der Waals surface area contributed by atoms with Gasteiger partial charge in [0.2, 0.25) is 0 Å². The molecule has 1 heteroatoms. The molecule has 78 valence electrons. The first kappa shape index (κ1) is 22.7. The lowest BCUT2D eigenvalue weighted by molar-refractivity contribution is 0.725. The van der Waals surface area contributed by atoms with Crippen LogP contribution in [0.5, 0.6) is 0 Å². The zero-order chi connectivity index (χ0) is 11.7. The van der Waals surface area contributed by atoms with Crippen LogP contribution in [0.15, 0.2) is 50.4 Å². The second-order valence-electron chi connectivity index (χ2n) is 2.18. The van der Waals surface area contributed by atoms with Crippen molar-refractivity contribution in [1.29, 1.82) is 0 Å². The second-order valence-corrected chi connectivity index (χ2v) is 2.18. The van der Waals surface area contributed by atoms with Gasteiger partial charge in [0.15, 0.2) is 0 Å². The molecule has 0 saturated heterocycles. The van der Waals surface area contributed by atoms with E-state index < -0.39 is 0 Å². The number of hydrogen-bond donors (Lipinski definition) is 0. The van der Waals surface area contributed by atoms with Crippen LogP contribution >= 0.6 is 0 Å². The molecular weight excluding hydrogens is 163 g/mol. The summed E-state index contributed by atoms with van der Waals surface area (Å²) in [6.07, 6.45) is 3.75. The zero-order valence-corrected chi connectivity index (χ0v) is 9.44. The van der Waals surface area contributed by atoms with Crippen molar-refractivity contribution < 1.29 is 4.39 Å². The van der Waals surface area contributed by atoms with Crippen molar-refractivity contribution in [2.24, 2.45) is 0 Å². The van der Waals surface area contributed by atoms with E-state index in [4.69, 9.17) is 0 Å². The lowest BCUT2D eigenvalue weighted by atomic mass is 10.4. The van der Waals surface area contributed by atoms with Crippen LogP contribution in [-0.2, 0) is 0 Å². The molecular formula is C12H23F. The van der Waals surface area contributed by atoms with Gasteiger partial charge in [-0.15, -0.1) is 19.7 Å². The molecule has 0 atom stereocenters. The Morgan fingerprint density at radius 3 is 1.00 bits per heavy atom. The summed E-state index contributed by atoms with van der Waals surface area (Å²) in [6.45, 7) is 20.7. The van der Waals surface area contributed by atoms with Gasteiger partial charge in [-0.25, -0.2) is 4.39 Å². The zero-order valence-electron chi connectivity index (χ0n) is 9.44. The van der Waals surface area contributed by atoms with Gasteiger partial charge in [-0.2, -0.15) is 0 Å². The van der Waals surface area contributed by atoms with Crippen molar-refractivity contribution in [2.45, 2.75) is 27.7 Å². The highest BCUT2D eigenvalue weighted by molar-refractivity contribution is 4.78. The monoisotopic (exact) mass is 186 g/mol. The van der Waals surface area contributed by atoms with E-state index in [0.29, 0.717) is 0 Å². The Morgan fingerprint density at radius 1 is 1.00 bits per heavy atom. The van der Waals surface area contributed by atoms with Gasteiger partial charge >= 0.3 is 0 Å². The largest absolute Gasteiger partial charge is 0.216 e. The average molecular weight is 186 g/mol. The van der Waals surface area contributed by atoms with Gasteiger partial charge in [0.25, 0.3) is 0 Å². The van der Waals surface area contributed by atoms with Crippen molar-refractivity contribution in [3.8, 4) is 0 Å². The van der Waals surface area contributed by atoms with E-state index in [1.807, 2.05) is 27.7 Å². The number of hydrogen-bond acceptors (Lipinski definition) is 0. The van der Waals surface area contributed by atoms with Crippen LogP contribution in [0.1, 0.15) is 27.7 Å². The molecule has 0 aliphatic carbocycles. The Balaban J connectivity index is -0.0000000420. The summed E-state index contributed by atoms with van der Waals surface area (Å²) in [4.78, 5) is 0. The normalized spacial score (nSPS) is 5.00. The van der Waals surface area contributed by atoms with Crippen LogP contribution in [0.4, 0.5) is 4.39 Å². The van der Waals surface area contributed by atoms with Gasteiger partial charge in [-0.1, -0.05) is 24.3 Å². The summed E-state index contributed by atoms with van der Waals surface area (Å²) < 4.78 is 10.1. The van der Waals surface area contributed by atoms with E-state index in [9.17, 15) is 4.39 Å². The maximum absolute atomic E-state index is 10.1. The van der Waals surface area contributed by atoms with Crippen LogP contribution in [-0.4, -0.2) is 0 Å². The summed E-state index contributed by atoms with van der Waals surface area (Å²) >= 11 is 0. The molecule has 0 aromatic carbocycles. The fourth-order valence-electron chi connectivity index (χ4n) is 0. The Bertz CT molecular complexity index is 94.0. The molecule has 0 N–H and O–H groups in total. The van der Waals surface area contributed by atoms with E-state index in [-0.39, 0.29) is 6.33 Å². The molecule has 0 amide bonds. The number of allylic oxidation sites excluding steroid dienone is 3. The average Bonchev–Trinajstić information content (AvgIpc) is 1.88. The predicted molar refractivity (Wildman–Crippen MR) is 63.5 cm³/mol. The highest BCUT2D eigenvalue weighted by Gasteiger charge is 1.51. The SMILES string of the molecule is C=C(C)C.C=CC.C=CC.C=CF. The first-order chi connectivity index (χ1) is 5.97. The van der Waals surface area contributed by atoms with Crippen molar-refractivity contribution in [3.63, 3.8) is 0 Å². The Labute approximate surface area is 83.2 Å². The van der Waals surface area contributed by atoms with E-state index in [2.05, 4.69) is 26.3 Å². The fourth-order valence-corrected chi connectivity index (χ4v) is 0. The maximum atomic E-state index is 10.1. The first-order valence-corrected chi connectivity index (χ1v) is 3.95. The van der Waals surface area contributed by atoms with Gasteiger partial charge in [0.1, 0.15) is 0 Å². The van der Waals surface area contributed by atoms with Crippen LogP contribution in [0.2, 0.25) is 0 Å². The van der Waals surface area contributed by atoms with Gasteiger partial charge in [0.05, 0.1) is 6.33 Å². The van der Waals surface area contributed by atoms with E-state index in [1.54, 1.807) is 12.2 Å². The van der Waals surface area contributed by atoms with Crippen LogP contribution < -0.4 is 0 Å². The molecule has 0 unspecified atom stereocenters. The highest BCUT2D eigenvalue weighted by atomic mass is 19.1. The maximum Gasteiger partial charge on any atom is 0.0795 e. The first-order valence-electron chi connectivity index (χ1n) is 3.95. The molecule has 0 rings (SSSR count). The minimum absolute atomic E-state index is 0.250. The number of halogens is 1. The molecule has 0 saturated carbocycles. The Kier molecular flexibility index (Phi) is 77.6. The summed E-state index contributed by atoms with van der Waals surface area (Å²) in [5.41, 5.74) is 1.17. The lowest BCUT2D eigenvalue weighted by Gasteiger charge is -1.65. The van der Waals surface area contributed by atoms with Gasteiger partial charge in [-0.05, 0) is 27.7 Å². The Hall–Kier alpha value is -1.11. The molecule has 0 aromatic heterocycles. The summed E-state index contributed by atoms with van der Waals surface area (Å²) in [5.74, 6) is 0. The van der Waals surface area contributed by atoms with Gasteiger partial charge < -0.3 is 0 Å². The molecule has 0 aliphatic rings. The topological polar surface area (TPSA) is 0 Å². The van der Waals surface area contributed by atoms with E-state index >= 15 is 0 Å². The molecule has 0 radical (unpaired) electrons. The minimum Gasteiger partial charge on any atom is -0.216 e. The fraction of sp³-hybridized carbons (Fsp3) is 0.333. The number of rotatable bonds is 0. The summed E-state index contributed by atoms with van der Waals surface area (Å²) in [5, 5.41) is 0.